The van der Waals surface area contributed by atoms with Gasteiger partial charge in [-0.05, 0) is 36.9 Å². The van der Waals surface area contributed by atoms with E-state index in [2.05, 4.69) is 79.5 Å². The lowest BCUT2D eigenvalue weighted by Crippen LogP contribution is -2.43. The standard InChI is InChI=1S/C22H29NO/c1-18(16-23(2)17-19-14-15-19)22(24-3,20-10-6-4-7-11-20)21-12-8-5-9-13-21/h4-13,18-19H,14-17H2,1-3H3. The van der Waals surface area contributed by atoms with Gasteiger partial charge < -0.3 is 9.64 Å². The highest BCUT2D eigenvalue weighted by atomic mass is 16.5. The summed E-state index contributed by atoms with van der Waals surface area (Å²) < 4.78 is 6.27. The molecule has 0 radical (unpaired) electrons. The van der Waals surface area contributed by atoms with Crippen molar-refractivity contribution in [2.24, 2.45) is 11.8 Å². The number of ether oxygens (including phenoxy) is 1. The smallest absolute Gasteiger partial charge is 0.121 e. The molecular weight excluding hydrogens is 294 g/mol. The predicted molar refractivity (Wildman–Crippen MR) is 100 cm³/mol. The second-order valence-electron chi connectivity index (χ2n) is 7.24. The molecule has 2 aromatic carbocycles. The molecule has 1 atom stereocenters. The van der Waals surface area contributed by atoms with Crippen LogP contribution in [0.15, 0.2) is 60.7 Å². The molecule has 1 fully saturated rings. The van der Waals surface area contributed by atoms with Gasteiger partial charge in [0, 0.05) is 26.1 Å². The summed E-state index contributed by atoms with van der Waals surface area (Å²) in [5.74, 6) is 1.25. The van der Waals surface area contributed by atoms with Gasteiger partial charge in [0.2, 0.25) is 0 Å². The van der Waals surface area contributed by atoms with Gasteiger partial charge in [-0.3, -0.25) is 0 Å². The minimum Gasteiger partial charge on any atom is -0.368 e. The average molecular weight is 323 g/mol. The molecule has 24 heavy (non-hydrogen) atoms. The fourth-order valence-corrected chi connectivity index (χ4v) is 3.96. The van der Waals surface area contributed by atoms with Crippen molar-refractivity contribution in [2.45, 2.75) is 25.4 Å². The maximum absolute atomic E-state index is 6.27. The number of nitrogens with zero attached hydrogens (tertiary/aromatic N) is 1. The fourth-order valence-electron chi connectivity index (χ4n) is 3.96. The van der Waals surface area contributed by atoms with Gasteiger partial charge in [0.1, 0.15) is 5.60 Å². The highest BCUT2D eigenvalue weighted by Crippen LogP contribution is 2.40. The van der Waals surface area contributed by atoms with Gasteiger partial charge in [-0.25, -0.2) is 0 Å². The number of rotatable bonds is 8. The maximum Gasteiger partial charge on any atom is 0.121 e. The number of benzene rings is 2. The fraction of sp³-hybridized carbons (Fsp3) is 0.455. The van der Waals surface area contributed by atoms with E-state index in [0.29, 0.717) is 5.92 Å². The van der Waals surface area contributed by atoms with E-state index in [4.69, 9.17) is 4.74 Å². The molecule has 0 N–H and O–H groups in total. The predicted octanol–water partition coefficient (Wildman–Crippen LogP) is 4.55. The van der Waals surface area contributed by atoms with Crippen molar-refractivity contribution in [1.29, 1.82) is 0 Å². The van der Waals surface area contributed by atoms with Crippen molar-refractivity contribution < 1.29 is 4.74 Å². The van der Waals surface area contributed by atoms with E-state index in [1.165, 1.54) is 30.5 Å². The third-order valence-corrected chi connectivity index (χ3v) is 5.27. The van der Waals surface area contributed by atoms with Crippen molar-refractivity contribution in [1.82, 2.24) is 4.90 Å². The normalized spacial score (nSPS) is 16.3. The molecule has 0 amide bonds. The summed E-state index contributed by atoms with van der Waals surface area (Å²) in [4.78, 5) is 2.47. The molecule has 2 heteroatoms. The Morgan fingerprint density at radius 2 is 1.50 bits per heavy atom. The number of methoxy groups -OCH3 is 1. The summed E-state index contributed by atoms with van der Waals surface area (Å²) in [6.45, 7) is 4.54. The molecule has 0 aliphatic heterocycles. The van der Waals surface area contributed by atoms with Crippen molar-refractivity contribution in [3.8, 4) is 0 Å². The van der Waals surface area contributed by atoms with Crippen LogP contribution in [-0.4, -0.2) is 32.1 Å². The van der Waals surface area contributed by atoms with E-state index in [9.17, 15) is 0 Å². The maximum atomic E-state index is 6.27. The Morgan fingerprint density at radius 3 is 1.92 bits per heavy atom. The first kappa shape index (κ1) is 17.2. The summed E-state index contributed by atoms with van der Waals surface area (Å²) in [5, 5.41) is 0. The van der Waals surface area contributed by atoms with Crippen LogP contribution in [0.5, 0.6) is 0 Å². The van der Waals surface area contributed by atoms with Gasteiger partial charge >= 0.3 is 0 Å². The molecule has 0 aromatic heterocycles. The lowest BCUT2D eigenvalue weighted by Gasteiger charge is -2.40. The van der Waals surface area contributed by atoms with Gasteiger partial charge in [-0.15, -0.1) is 0 Å². The van der Waals surface area contributed by atoms with Crippen LogP contribution in [0.25, 0.3) is 0 Å². The third kappa shape index (κ3) is 3.55. The van der Waals surface area contributed by atoms with Crippen molar-refractivity contribution in [2.75, 3.05) is 27.2 Å². The third-order valence-electron chi connectivity index (χ3n) is 5.27. The Kier molecular flexibility index (Phi) is 5.37. The molecule has 0 heterocycles. The van der Waals surface area contributed by atoms with E-state index >= 15 is 0 Å². The molecule has 1 aliphatic carbocycles. The first-order chi connectivity index (χ1) is 11.7. The van der Waals surface area contributed by atoms with Gasteiger partial charge in [0.15, 0.2) is 0 Å². The minimum atomic E-state index is -0.416. The topological polar surface area (TPSA) is 12.5 Å². The van der Waals surface area contributed by atoms with Crippen LogP contribution >= 0.6 is 0 Å². The van der Waals surface area contributed by atoms with Crippen LogP contribution in [0.2, 0.25) is 0 Å². The van der Waals surface area contributed by atoms with Crippen molar-refractivity contribution in [3.63, 3.8) is 0 Å². The van der Waals surface area contributed by atoms with Gasteiger partial charge in [-0.2, -0.15) is 0 Å². The molecule has 1 saturated carbocycles. The zero-order valence-corrected chi connectivity index (χ0v) is 15.1. The molecule has 0 spiro atoms. The van der Waals surface area contributed by atoms with E-state index in [-0.39, 0.29) is 0 Å². The molecule has 128 valence electrons. The van der Waals surface area contributed by atoms with Crippen molar-refractivity contribution >= 4 is 0 Å². The van der Waals surface area contributed by atoms with Gasteiger partial charge in [0.05, 0.1) is 0 Å². The molecule has 1 aliphatic rings. The molecule has 0 bridgehead atoms. The van der Waals surface area contributed by atoms with Crippen LogP contribution in [0.1, 0.15) is 30.9 Å². The first-order valence-electron chi connectivity index (χ1n) is 9.01. The lowest BCUT2D eigenvalue weighted by atomic mass is 9.76. The minimum absolute atomic E-state index is 0.344. The Bertz CT molecular complexity index is 581. The molecule has 3 rings (SSSR count). The summed E-state index contributed by atoms with van der Waals surface area (Å²) in [6, 6.07) is 21.3. The Balaban J connectivity index is 1.94. The summed E-state index contributed by atoms with van der Waals surface area (Å²) >= 11 is 0. The largest absolute Gasteiger partial charge is 0.368 e. The Hall–Kier alpha value is -1.64. The highest BCUT2D eigenvalue weighted by Gasteiger charge is 2.40. The quantitative estimate of drug-likeness (QED) is 0.706. The summed E-state index contributed by atoms with van der Waals surface area (Å²) in [7, 11) is 4.09. The zero-order chi connectivity index (χ0) is 17.0. The molecule has 0 saturated heterocycles. The van der Waals surface area contributed by atoms with E-state index in [1.54, 1.807) is 0 Å². The first-order valence-corrected chi connectivity index (χ1v) is 9.01. The van der Waals surface area contributed by atoms with Crippen LogP contribution in [0.4, 0.5) is 0 Å². The molecule has 2 aromatic rings. The van der Waals surface area contributed by atoms with Gasteiger partial charge in [-0.1, -0.05) is 67.6 Å². The van der Waals surface area contributed by atoms with Crippen molar-refractivity contribution in [3.05, 3.63) is 71.8 Å². The monoisotopic (exact) mass is 323 g/mol. The highest BCUT2D eigenvalue weighted by molar-refractivity contribution is 5.37. The Morgan fingerprint density at radius 1 is 1.00 bits per heavy atom. The average Bonchev–Trinajstić information content (AvgIpc) is 3.42. The summed E-state index contributed by atoms with van der Waals surface area (Å²) in [6.07, 6.45) is 2.79. The lowest BCUT2D eigenvalue weighted by molar-refractivity contribution is -0.0325. The molecular formula is C22H29NO. The van der Waals surface area contributed by atoms with Crippen LogP contribution in [0.3, 0.4) is 0 Å². The number of hydrogen-bond acceptors (Lipinski definition) is 2. The van der Waals surface area contributed by atoms with E-state index < -0.39 is 5.60 Å². The van der Waals surface area contributed by atoms with E-state index in [1.807, 2.05) is 7.11 Å². The number of hydrogen-bond donors (Lipinski definition) is 0. The summed E-state index contributed by atoms with van der Waals surface area (Å²) in [5.41, 5.74) is 2.04. The van der Waals surface area contributed by atoms with Crippen LogP contribution in [-0.2, 0) is 10.3 Å². The zero-order valence-electron chi connectivity index (χ0n) is 15.1. The van der Waals surface area contributed by atoms with Crippen LogP contribution in [0, 0.1) is 11.8 Å². The second kappa shape index (κ2) is 7.50. The molecule has 1 unspecified atom stereocenters. The molecule has 2 nitrogen and oxygen atoms in total. The SMILES string of the molecule is COC(c1ccccc1)(c1ccccc1)C(C)CN(C)CC1CC1. The van der Waals surface area contributed by atoms with Crippen LogP contribution < -0.4 is 0 Å². The Labute approximate surface area is 146 Å². The van der Waals surface area contributed by atoms with E-state index in [0.717, 1.165) is 12.5 Å². The van der Waals surface area contributed by atoms with Gasteiger partial charge in [0.25, 0.3) is 0 Å². The second-order valence-corrected chi connectivity index (χ2v) is 7.24.